The maximum atomic E-state index is 12.8. The van der Waals surface area contributed by atoms with Gasteiger partial charge in [-0.05, 0) is 49.8 Å². The molecule has 1 aromatic heterocycles. The molecular formula is C18H18ClNO4. The van der Waals surface area contributed by atoms with Crippen LogP contribution in [0.1, 0.15) is 35.4 Å². The van der Waals surface area contributed by atoms with E-state index in [4.69, 9.17) is 21.1 Å². The summed E-state index contributed by atoms with van der Waals surface area (Å²) in [6, 6.07) is 5.32. The van der Waals surface area contributed by atoms with E-state index in [-0.39, 0.29) is 17.2 Å². The average molecular weight is 348 g/mol. The van der Waals surface area contributed by atoms with Crippen LogP contribution in [0.3, 0.4) is 0 Å². The maximum Gasteiger partial charge on any atom is 0.307 e. The van der Waals surface area contributed by atoms with Crippen molar-refractivity contribution in [3.63, 3.8) is 0 Å². The van der Waals surface area contributed by atoms with Crippen LogP contribution >= 0.6 is 11.6 Å². The van der Waals surface area contributed by atoms with Crippen molar-refractivity contribution in [1.29, 1.82) is 0 Å². The lowest BCUT2D eigenvalue weighted by Crippen LogP contribution is -2.40. The van der Waals surface area contributed by atoms with Gasteiger partial charge in [-0.25, -0.2) is 0 Å². The van der Waals surface area contributed by atoms with Crippen molar-refractivity contribution >= 4 is 34.4 Å². The Kier molecular flexibility index (Phi) is 3.39. The van der Waals surface area contributed by atoms with Gasteiger partial charge in [-0.3, -0.25) is 9.59 Å². The fraction of sp³-hybridized carbons (Fsp3) is 0.444. The number of hydrogen-bond donors (Lipinski definition) is 1. The Labute approximate surface area is 144 Å². The second-order valence-corrected chi connectivity index (χ2v) is 7.38. The van der Waals surface area contributed by atoms with Crippen LogP contribution in [0.5, 0.6) is 0 Å². The molecule has 4 rings (SSSR count). The Balaban J connectivity index is 1.53. The number of likely N-dealkylation sites (tertiary alicyclic amines) is 1. The third-order valence-electron chi connectivity index (χ3n) is 5.63. The van der Waals surface area contributed by atoms with Gasteiger partial charge in [-0.15, -0.1) is 0 Å². The van der Waals surface area contributed by atoms with Crippen LogP contribution in [0.4, 0.5) is 0 Å². The summed E-state index contributed by atoms with van der Waals surface area (Å²) in [5.74, 6) is -0.708. The highest BCUT2D eigenvalue weighted by Gasteiger charge is 2.59. The van der Waals surface area contributed by atoms with E-state index < -0.39 is 5.97 Å². The van der Waals surface area contributed by atoms with E-state index in [1.807, 2.05) is 6.92 Å². The number of benzene rings is 1. The molecule has 126 valence electrons. The molecule has 6 heteroatoms. The lowest BCUT2D eigenvalue weighted by molar-refractivity contribution is -0.139. The molecule has 1 aliphatic heterocycles. The molecule has 1 aromatic carbocycles. The predicted molar refractivity (Wildman–Crippen MR) is 89.3 cm³/mol. The van der Waals surface area contributed by atoms with Gasteiger partial charge in [0, 0.05) is 29.1 Å². The van der Waals surface area contributed by atoms with Crippen molar-refractivity contribution in [3.8, 4) is 0 Å². The number of aliphatic carboxylic acids is 1. The van der Waals surface area contributed by atoms with Crippen molar-refractivity contribution < 1.29 is 19.1 Å². The average Bonchev–Trinajstić information content (AvgIpc) is 3.17. The van der Waals surface area contributed by atoms with E-state index in [1.165, 1.54) is 0 Å². The van der Waals surface area contributed by atoms with Crippen LogP contribution in [0.25, 0.3) is 11.0 Å². The zero-order valence-electron chi connectivity index (χ0n) is 13.3. The van der Waals surface area contributed by atoms with E-state index in [0.29, 0.717) is 29.5 Å². The molecule has 1 amide bonds. The van der Waals surface area contributed by atoms with Gasteiger partial charge in [0.05, 0.1) is 5.92 Å². The smallest absolute Gasteiger partial charge is 0.307 e. The molecule has 1 aliphatic carbocycles. The number of aryl methyl sites for hydroxylation is 1. The number of amides is 1. The number of furan rings is 1. The Hall–Kier alpha value is -2.01. The number of carbonyl (C=O) groups is 2. The largest absolute Gasteiger partial charge is 0.481 e. The molecule has 2 aromatic rings. The Morgan fingerprint density at radius 1 is 1.33 bits per heavy atom. The van der Waals surface area contributed by atoms with Gasteiger partial charge in [0.1, 0.15) is 5.58 Å². The summed E-state index contributed by atoms with van der Waals surface area (Å²) in [7, 11) is 0. The highest BCUT2D eigenvalue weighted by molar-refractivity contribution is 6.31. The van der Waals surface area contributed by atoms with Gasteiger partial charge in [-0.1, -0.05) is 11.6 Å². The van der Waals surface area contributed by atoms with Crippen molar-refractivity contribution in [2.24, 2.45) is 11.3 Å². The Morgan fingerprint density at radius 2 is 2.04 bits per heavy atom. The maximum absolute atomic E-state index is 12.8. The molecule has 24 heavy (non-hydrogen) atoms. The fourth-order valence-corrected chi connectivity index (χ4v) is 4.12. The quantitative estimate of drug-likeness (QED) is 0.898. The van der Waals surface area contributed by atoms with Crippen LogP contribution in [-0.4, -0.2) is 35.0 Å². The number of halogens is 1. The molecular weight excluding hydrogens is 330 g/mol. The first-order valence-electron chi connectivity index (χ1n) is 8.12. The second kappa shape index (κ2) is 5.24. The molecule has 2 aliphatic rings. The van der Waals surface area contributed by atoms with Crippen LogP contribution < -0.4 is 0 Å². The number of hydrogen-bond acceptors (Lipinski definition) is 3. The van der Waals surface area contributed by atoms with Gasteiger partial charge in [0.2, 0.25) is 0 Å². The number of rotatable bonds is 2. The molecule has 0 bridgehead atoms. The van der Waals surface area contributed by atoms with Gasteiger partial charge < -0.3 is 14.4 Å². The standard InChI is InChI=1S/C18H18ClNO4/c1-10-12-8-11(19)2-3-14(12)24-15(10)16(21)20-6-4-18(5-7-20)9-13(18)17(22)23/h2-3,8,13H,4-7,9H2,1H3,(H,22,23). The number of nitrogens with zero attached hydrogens (tertiary/aromatic N) is 1. The first kappa shape index (κ1) is 15.5. The lowest BCUT2D eigenvalue weighted by atomic mass is 9.90. The lowest BCUT2D eigenvalue weighted by Gasteiger charge is -2.32. The summed E-state index contributed by atoms with van der Waals surface area (Å²) in [6.45, 7) is 3.03. The van der Waals surface area contributed by atoms with Gasteiger partial charge in [0.25, 0.3) is 5.91 Å². The van der Waals surface area contributed by atoms with Crippen LogP contribution in [0, 0.1) is 18.3 Å². The predicted octanol–water partition coefficient (Wildman–Crippen LogP) is 3.72. The Bertz CT molecular complexity index is 848. The van der Waals surface area contributed by atoms with Gasteiger partial charge in [0.15, 0.2) is 5.76 Å². The molecule has 1 saturated carbocycles. The number of fused-ring (bicyclic) bond motifs is 1. The third kappa shape index (κ3) is 2.30. The topological polar surface area (TPSA) is 70.8 Å². The number of carbonyl (C=O) groups excluding carboxylic acids is 1. The molecule has 1 unspecified atom stereocenters. The summed E-state index contributed by atoms with van der Waals surface area (Å²) in [5.41, 5.74) is 1.37. The van der Waals surface area contributed by atoms with E-state index in [0.717, 1.165) is 30.2 Å². The number of carboxylic acids is 1. The molecule has 5 nitrogen and oxygen atoms in total. The second-order valence-electron chi connectivity index (χ2n) is 6.95. The van der Waals surface area contributed by atoms with Crippen molar-refractivity contribution in [1.82, 2.24) is 4.90 Å². The van der Waals surface area contributed by atoms with Crippen LogP contribution in [0.15, 0.2) is 22.6 Å². The van der Waals surface area contributed by atoms with Crippen molar-refractivity contribution in [3.05, 3.63) is 34.5 Å². The highest BCUT2D eigenvalue weighted by Crippen LogP contribution is 2.59. The van der Waals surface area contributed by atoms with Crippen molar-refractivity contribution in [2.45, 2.75) is 26.2 Å². The number of piperidine rings is 1. The summed E-state index contributed by atoms with van der Waals surface area (Å²) >= 11 is 6.02. The molecule has 1 saturated heterocycles. The minimum absolute atomic E-state index is 0.0843. The van der Waals surface area contributed by atoms with Crippen molar-refractivity contribution in [2.75, 3.05) is 13.1 Å². The molecule has 2 heterocycles. The van der Waals surface area contributed by atoms with Crippen LogP contribution in [0.2, 0.25) is 5.02 Å². The summed E-state index contributed by atoms with van der Waals surface area (Å²) < 4.78 is 5.75. The molecule has 2 fully saturated rings. The van der Waals surface area contributed by atoms with Crippen LogP contribution in [-0.2, 0) is 4.79 Å². The summed E-state index contributed by atoms with van der Waals surface area (Å²) in [6.07, 6.45) is 2.24. The normalized spacial score (nSPS) is 22.1. The number of carboxylic acid groups (broad SMARTS) is 1. The summed E-state index contributed by atoms with van der Waals surface area (Å²) in [4.78, 5) is 25.7. The fourth-order valence-electron chi connectivity index (χ4n) is 3.95. The monoisotopic (exact) mass is 347 g/mol. The summed E-state index contributed by atoms with van der Waals surface area (Å²) in [5, 5.41) is 10.6. The Morgan fingerprint density at radius 3 is 2.67 bits per heavy atom. The SMILES string of the molecule is Cc1c(C(=O)N2CCC3(CC2)CC3C(=O)O)oc2ccc(Cl)cc12. The molecule has 0 radical (unpaired) electrons. The minimum atomic E-state index is -0.709. The molecule has 1 atom stereocenters. The zero-order chi connectivity index (χ0) is 17.1. The van der Waals surface area contributed by atoms with Gasteiger partial charge in [-0.2, -0.15) is 0 Å². The highest BCUT2D eigenvalue weighted by atomic mass is 35.5. The minimum Gasteiger partial charge on any atom is -0.481 e. The van der Waals surface area contributed by atoms with E-state index in [9.17, 15) is 9.59 Å². The molecule has 1 spiro atoms. The van der Waals surface area contributed by atoms with E-state index in [1.54, 1.807) is 23.1 Å². The molecule has 1 N–H and O–H groups in total. The first-order valence-corrected chi connectivity index (χ1v) is 8.50. The van der Waals surface area contributed by atoms with Gasteiger partial charge >= 0.3 is 5.97 Å². The zero-order valence-corrected chi connectivity index (χ0v) is 14.1. The first-order chi connectivity index (χ1) is 11.4. The van der Waals surface area contributed by atoms with E-state index >= 15 is 0 Å². The third-order valence-corrected chi connectivity index (χ3v) is 5.86. The van der Waals surface area contributed by atoms with E-state index in [2.05, 4.69) is 0 Å².